The van der Waals surface area contributed by atoms with E-state index in [1.807, 2.05) is 26.0 Å². The van der Waals surface area contributed by atoms with Crippen molar-refractivity contribution in [3.63, 3.8) is 0 Å². The first-order valence-corrected chi connectivity index (χ1v) is 9.75. The third-order valence-electron chi connectivity index (χ3n) is 4.48. The van der Waals surface area contributed by atoms with Gasteiger partial charge >= 0.3 is 11.9 Å². The molecule has 1 unspecified atom stereocenters. The maximum absolute atomic E-state index is 12.9. The molecule has 0 bridgehead atoms. The number of amides is 1. The summed E-state index contributed by atoms with van der Waals surface area (Å²) >= 11 is 0. The highest BCUT2D eigenvalue weighted by molar-refractivity contribution is 5.98. The Kier molecular flexibility index (Phi) is 7.02. The average molecular weight is 415 g/mol. The summed E-state index contributed by atoms with van der Waals surface area (Å²) in [5.74, 6) is -1.75. The predicted octanol–water partition coefficient (Wildman–Crippen LogP) is 3.03. The predicted molar refractivity (Wildman–Crippen MR) is 111 cm³/mol. The zero-order valence-corrected chi connectivity index (χ0v) is 18.5. The van der Waals surface area contributed by atoms with Crippen LogP contribution in [0.2, 0.25) is 0 Å². The molecule has 0 spiro atoms. The molecule has 0 aliphatic heterocycles. The van der Waals surface area contributed by atoms with Crippen molar-refractivity contribution in [2.75, 3.05) is 6.61 Å². The van der Waals surface area contributed by atoms with Gasteiger partial charge in [-0.05, 0) is 58.2 Å². The van der Waals surface area contributed by atoms with Gasteiger partial charge in [-0.25, -0.2) is 9.59 Å². The fourth-order valence-electron chi connectivity index (χ4n) is 2.89. The molecule has 0 fully saturated rings. The molecule has 1 aromatic carbocycles. The summed E-state index contributed by atoms with van der Waals surface area (Å²) in [6, 6.07) is 5.88. The Morgan fingerprint density at radius 1 is 1.20 bits per heavy atom. The zero-order chi connectivity index (χ0) is 22.6. The molecule has 0 saturated carbocycles. The van der Waals surface area contributed by atoms with E-state index in [2.05, 4.69) is 10.4 Å². The third-order valence-corrected chi connectivity index (χ3v) is 4.48. The van der Waals surface area contributed by atoms with E-state index in [1.165, 1.54) is 10.7 Å². The van der Waals surface area contributed by atoms with Crippen LogP contribution in [0.4, 0.5) is 0 Å². The summed E-state index contributed by atoms with van der Waals surface area (Å²) in [7, 11) is 1.54. The average Bonchev–Trinajstić information content (AvgIpc) is 3.03. The van der Waals surface area contributed by atoms with Crippen molar-refractivity contribution >= 4 is 17.8 Å². The number of hydrogen-bond acceptors (Lipinski definition) is 6. The number of benzene rings is 1. The van der Waals surface area contributed by atoms with Crippen molar-refractivity contribution in [3.8, 4) is 0 Å². The molecule has 1 amide bonds. The lowest BCUT2D eigenvalue weighted by molar-refractivity contribution is -0.145. The first-order valence-electron chi connectivity index (χ1n) is 9.75. The maximum Gasteiger partial charge on any atom is 0.359 e. The highest BCUT2D eigenvalue weighted by atomic mass is 16.6. The minimum Gasteiger partial charge on any atom is -0.464 e. The van der Waals surface area contributed by atoms with Gasteiger partial charge < -0.3 is 14.8 Å². The zero-order valence-electron chi connectivity index (χ0n) is 18.5. The summed E-state index contributed by atoms with van der Waals surface area (Å²) in [5.41, 5.74) is 1.97. The number of esters is 2. The second-order valence-corrected chi connectivity index (χ2v) is 7.99. The van der Waals surface area contributed by atoms with Gasteiger partial charge in [-0.3, -0.25) is 9.48 Å². The van der Waals surface area contributed by atoms with Crippen molar-refractivity contribution in [1.82, 2.24) is 15.1 Å². The molecule has 0 aliphatic carbocycles. The van der Waals surface area contributed by atoms with Gasteiger partial charge in [-0.2, -0.15) is 5.10 Å². The number of aromatic nitrogens is 2. The number of nitrogens with zero attached hydrogens (tertiary/aromatic N) is 2. The second-order valence-electron chi connectivity index (χ2n) is 7.99. The number of aryl methyl sites for hydroxylation is 2. The smallest absolute Gasteiger partial charge is 0.359 e. The van der Waals surface area contributed by atoms with Crippen LogP contribution in [0, 0.1) is 13.8 Å². The van der Waals surface area contributed by atoms with Crippen molar-refractivity contribution in [1.29, 1.82) is 0 Å². The van der Waals surface area contributed by atoms with E-state index in [0.717, 1.165) is 11.1 Å². The Labute approximate surface area is 176 Å². The number of ether oxygens (including phenoxy) is 2. The first kappa shape index (κ1) is 23.1. The van der Waals surface area contributed by atoms with Crippen LogP contribution in [0.15, 0.2) is 24.3 Å². The SMILES string of the molecule is CCOC(=O)C(NC(=O)c1cc(C(=O)OC(C)(C)C)nn1C)c1cccc(C)c1C. The van der Waals surface area contributed by atoms with Gasteiger partial charge in [0.25, 0.3) is 5.91 Å². The molecule has 8 heteroatoms. The van der Waals surface area contributed by atoms with Gasteiger partial charge in [0.1, 0.15) is 11.3 Å². The molecule has 2 rings (SSSR count). The van der Waals surface area contributed by atoms with Crippen LogP contribution < -0.4 is 5.32 Å². The van der Waals surface area contributed by atoms with Crippen molar-refractivity contribution in [2.24, 2.45) is 7.05 Å². The number of nitrogens with one attached hydrogen (secondary N) is 1. The summed E-state index contributed by atoms with van der Waals surface area (Å²) in [4.78, 5) is 37.8. The number of rotatable bonds is 6. The molecule has 1 aromatic heterocycles. The van der Waals surface area contributed by atoms with E-state index in [0.29, 0.717) is 5.56 Å². The molecular formula is C22H29N3O5. The summed E-state index contributed by atoms with van der Waals surface area (Å²) in [5, 5.41) is 6.79. The van der Waals surface area contributed by atoms with E-state index >= 15 is 0 Å². The molecule has 1 N–H and O–H groups in total. The Hall–Kier alpha value is -3.16. The molecule has 0 radical (unpaired) electrons. The lowest BCUT2D eigenvalue weighted by Crippen LogP contribution is -2.36. The van der Waals surface area contributed by atoms with E-state index in [9.17, 15) is 14.4 Å². The van der Waals surface area contributed by atoms with Gasteiger partial charge in [0.2, 0.25) is 0 Å². The lowest BCUT2D eigenvalue weighted by Gasteiger charge is -2.20. The maximum atomic E-state index is 12.9. The molecule has 1 heterocycles. The van der Waals surface area contributed by atoms with E-state index in [1.54, 1.807) is 40.8 Å². The number of hydrogen-bond donors (Lipinski definition) is 1. The van der Waals surface area contributed by atoms with Crippen LogP contribution >= 0.6 is 0 Å². The fraction of sp³-hybridized carbons (Fsp3) is 0.455. The Balaban J connectivity index is 2.33. The molecule has 162 valence electrons. The molecular weight excluding hydrogens is 386 g/mol. The second kappa shape index (κ2) is 9.11. The highest BCUT2D eigenvalue weighted by Crippen LogP contribution is 2.22. The van der Waals surface area contributed by atoms with Crippen molar-refractivity contribution < 1.29 is 23.9 Å². The molecule has 8 nitrogen and oxygen atoms in total. The molecule has 30 heavy (non-hydrogen) atoms. The largest absolute Gasteiger partial charge is 0.464 e. The van der Waals surface area contributed by atoms with Gasteiger partial charge in [0.15, 0.2) is 11.7 Å². The number of carbonyl (C=O) groups is 3. The minimum atomic E-state index is -0.989. The van der Waals surface area contributed by atoms with Crippen LogP contribution in [-0.4, -0.2) is 39.8 Å². The minimum absolute atomic E-state index is 0.0111. The molecule has 0 aliphatic rings. The monoisotopic (exact) mass is 415 g/mol. The van der Waals surface area contributed by atoms with E-state index in [-0.39, 0.29) is 18.0 Å². The van der Waals surface area contributed by atoms with Gasteiger partial charge in [-0.1, -0.05) is 18.2 Å². The number of carbonyl (C=O) groups excluding carboxylic acids is 3. The Morgan fingerprint density at radius 2 is 1.87 bits per heavy atom. The highest BCUT2D eigenvalue weighted by Gasteiger charge is 2.29. The van der Waals surface area contributed by atoms with Crippen LogP contribution in [0.1, 0.15) is 71.4 Å². The van der Waals surface area contributed by atoms with Crippen LogP contribution in [0.5, 0.6) is 0 Å². The Bertz CT molecular complexity index is 956. The van der Waals surface area contributed by atoms with Crippen LogP contribution in [0.25, 0.3) is 0 Å². The van der Waals surface area contributed by atoms with E-state index in [4.69, 9.17) is 9.47 Å². The molecule has 0 saturated heterocycles. The first-order chi connectivity index (χ1) is 13.9. The molecule has 2 aromatic rings. The van der Waals surface area contributed by atoms with E-state index < -0.39 is 29.5 Å². The van der Waals surface area contributed by atoms with Crippen molar-refractivity contribution in [3.05, 3.63) is 52.3 Å². The lowest BCUT2D eigenvalue weighted by atomic mass is 9.97. The molecule has 1 atom stereocenters. The summed E-state index contributed by atoms with van der Waals surface area (Å²) < 4.78 is 11.7. The fourth-order valence-corrected chi connectivity index (χ4v) is 2.89. The third kappa shape index (κ3) is 5.46. The Morgan fingerprint density at radius 3 is 2.47 bits per heavy atom. The van der Waals surface area contributed by atoms with Gasteiger partial charge in [0, 0.05) is 13.1 Å². The normalized spacial score (nSPS) is 12.2. The van der Waals surface area contributed by atoms with Gasteiger partial charge in [-0.15, -0.1) is 0 Å². The van der Waals surface area contributed by atoms with Crippen LogP contribution in [0.3, 0.4) is 0 Å². The topological polar surface area (TPSA) is 99.5 Å². The summed E-state index contributed by atoms with van der Waals surface area (Å²) in [6.07, 6.45) is 0. The van der Waals surface area contributed by atoms with Crippen molar-refractivity contribution in [2.45, 2.75) is 53.2 Å². The summed E-state index contributed by atoms with van der Waals surface area (Å²) in [6.45, 7) is 10.9. The standard InChI is InChI=1S/C22H29N3O5/c1-8-29-21(28)18(15-11-9-10-13(2)14(15)3)23-19(26)17-12-16(24-25(17)7)20(27)30-22(4,5)6/h9-12,18H,8H2,1-7H3,(H,23,26). The van der Waals surface area contributed by atoms with Crippen LogP contribution in [-0.2, 0) is 21.3 Å². The quantitative estimate of drug-likeness (QED) is 0.728. The van der Waals surface area contributed by atoms with Gasteiger partial charge in [0.05, 0.1) is 6.61 Å².